The Balaban J connectivity index is 0.000000665. The van der Waals surface area contributed by atoms with Crippen LogP contribution in [-0.2, 0) is 30.5 Å². The van der Waals surface area contributed by atoms with Crippen molar-refractivity contribution in [1.82, 2.24) is 0 Å². The van der Waals surface area contributed by atoms with Crippen molar-refractivity contribution in [3.63, 3.8) is 0 Å². The van der Waals surface area contributed by atoms with Crippen LogP contribution in [0, 0.1) is 34.1 Å². The topological polar surface area (TPSA) is 57.2 Å². The van der Waals surface area contributed by atoms with Crippen LogP contribution in [0.5, 0.6) is 0 Å². The first-order chi connectivity index (χ1) is 20.7. The Hall–Kier alpha value is -2.29. The molecular weight excluding hydrogens is 726 g/mol. The van der Waals surface area contributed by atoms with Crippen molar-refractivity contribution in [3.8, 4) is 0 Å². The fraction of sp³-hybridized carbons (Fsp3) is 0.229. The quantitative estimate of drug-likeness (QED) is 0.0618. The van der Waals surface area contributed by atoms with Gasteiger partial charge in [-0.2, -0.15) is 13.2 Å². The van der Waals surface area contributed by atoms with Crippen molar-refractivity contribution < 1.29 is 46.6 Å². The molecular formula is C35H41F3O3P2PdS. The van der Waals surface area contributed by atoms with E-state index in [1.165, 1.54) is 34.6 Å². The van der Waals surface area contributed by atoms with Crippen molar-refractivity contribution >= 4 is 47.2 Å². The first kappa shape index (κ1) is 40.7. The standard InChI is InChI=1S/C30H32P2.C4H7.CHF3O3S.Pd/c1-23-13-5-9-17-27(23)31(28-18-10-6-14-24(28)2)21-22-32(29-19-11-7-15-25(29)3)30-20-12-8-16-26(30)4;1-3-4-2;2-1(3,4)8(5,6)7;/h5-20H,21-22H2,1-4H3;3-4H,1H2,2H3;(H,5,6,7);/q;-1;;/p+1. The molecule has 0 heterocycles. The molecule has 4 aromatic carbocycles. The Kier molecular flexibility index (Phi) is 17.6. The third-order valence-corrected chi connectivity index (χ3v) is 14.4. The third kappa shape index (κ3) is 12.4. The fourth-order valence-electron chi connectivity index (χ4n) is 4.72. The van der Waals surface area contributed by atoms with Crippen LogP contribution in [0.2, 0.25) is 0 Å². The molecule has 3 nitrogen and oxygen atoms in total. The fourth-order valence-corrected chi connectivity index (χ4v) is 11.8. The van der Waals surface area contributed by atoms with Crippen LogP contribution in [0.3, 0.4) is 0 Å². The summed E-state index contributed by atoms with van der Waals surface area (Å²) in [4.78, 5) is 0. The normalized spacial score (nSPS) is 11.0. The number of alkyl halides is 3. The zero-order valence-corrected chi connectivity index (χ0v) is 30.5. The zero-order chi connectivity index (χ0) is 32.9. The van der Waals surface area contributed by atoms with Crippen molar-refractivity contribution in [2.24, 2.45) is 0 Å². The van der Waals surface area contributed by atoms with Gasteiger partial charge in [-0.15, -0.1) is 6.92 Å². The Morgan fingerprint density at radius 3 is 1.02 bits per heavy atom. The van der Waals surface area contributed by atoms with Gasteiger partial charge in [0, 0.05) is 20.4 Å². The first-order valence-corrected chi connectivity index (χ1v) is 18.9. The Morgan fingerprint density at radius 1 is 0.667 bits per heavy atom. The molecule has 0 spiro atoms. The number of rotatable bonds is 8. The van der Waals surface area contributed by atoms with Crippen molar-refractivity contribution in [2.45, 2.75) is 40.1 Å². The molecule has 0 N–H and O–H groups in total. The number of halogens is 3. The molecule has 0 bridgehead atoms. The van der Waals surface area contributed by atoms with Crippen LogP contribution < -0.4 is 21.2 Å². The van der Waals surface area contributed by atoms with E-state index in [9.17, 15) is 13.2 Å². The van der Waals surface area contributed by atoms with Gasteiger partial charge in [0.25, 0.3) is 0 Å². The minimum atomic E-state index is -6.09. The Bertz CT molecular complexity index is 1430. The van der Waals surface area contributed by atoms with Gasteiger partial charge in [0.15, 0.2) is 10.1 Å². The maximum Gasteiger partial charge on any atom is 0.485 e. The van der Waals surface area contributed by atoms with E-state index in [0.29, 0.717) is 0 Å². The summed E-state index contributed by atoms with van der Waals surface area (Å²) in [6.45, 7) is 14.5. The van der Waals surface area contributed by atoms with Gasteiger partial charge < -0.3 is 4.55 Å². The maximum absolute atomic E-state index is 10.7. The van der Waals surface area contributed by atoms with Gasteiger partial charge in [0.1, 0.15) is 12.3 Å². The molecule has 4 aromatic rings. The molecule has 0 saturated carbocycles. The van der Waals surface area contributed by atoms with E-state index in [1.54, 1.807) is 27.3 Å². The van der Waals surface area contributed by atoms with E-state index in [0.717, 1.165) is 0 Å². The summed E-state index contributed by atoms with van der Waals surface area (Å²) >= 11 is 0. The van der Waals surface area contributed by atoms with Crippen molar-refractivity contribution in [3.05, 3.63) is 138 Å². The predicted molar refractivity (Wildman–Crippen MR) is 186 cm³/mol. The molecule has 0 aliphatic heterocycles. The van der Waals surface area contributed by atoms with E-state index < -0.39 is 31.5 Å². The van der Waals surface area contributed by atoms with Crippen LogP contribution in [0.1, 0.15) is 29.2 Å². The first-order valence-electron chi connectivity index (χ1n) is 14.1. The third-order valence-electron chi connectivity index (χ3n) is 7.02. The van der Waals surface area contributed by atoms with E-state index >= 15 is 0 Å². The Labute approximate surface area is 283 Å². The zero-order valence-electron chi connectivity index (χ0n) is 26.1. The second-order valence-electron chi connectivity index (χ2n) is 10.2. The minimum Gasteiger partial charge on any atom is -0.741 e. The number of hydrogen-bond donors (Lipinski definition) is 0. The van der Waals surface area contributed by atoms with Gasteiger partial charge in [-0.25, -0.2) is 27.5 Å². The van der Waals surface area contributed by atoms with E-state index in [1.807, 2.05) is 13.3 Å². The number of hydrogen-bond acceptors (Lipinski definition) is 3. The summed E-state index contributed by atoms with van der Waals surface area (Å²) in [7, 11) is -7.83. The molecule has 0 aromatic heterocycles. The molecule has 10 heteroatoms. The van der Waals surface area contributed by atoms with Gasteiger partial charge in [-0.05, 0) is 74.2 Å². The van der Waals surface area contributed by atoms with Crippen molar-refractivity contribution in [1.29, 1.82) is 0 Å². The summed E-state index contributed by atoms with van der Waals surface area (Å²) in [5, 5.41) is 6.29. The summed E-state index contributed by atoms with van der Waals surface area (Å²) in [6, 6.07) is 36.2. The minimum absolute atomic E-state index is 0. The molecule has 0 amide bonds. The number of allylic oxidation sites excluding steroid dienone is 1. The molecule has 0 atom stereocenters. The molecule has 0 fully saturated rings. The molecule has 4 rings (SSSR count). The molecule has 246 valence electrons. The molecule has 0 unspecified atom stereocenters. The second-order valence-corrected chi connectivity index (χ2v) is 16.6. The van der Waals surface area contributed by atoms with Crippen LogP contribution in [0.4, 0.5) is 13.2 Å². The Morgan fingerprint density at radius 2 is 0.867 bits per heavy atom. The molecule has 0 aliphatic rings. The molecule has 0 aliphatic carbocycles. The number of benzene rings is 4. The van der Waals surface area contributed by atoms with E-state index in [4.69, 9.17) is 13.0 Å². The summed E-state index contributed by atoms with van der Waals surface area (Å²) in [5.41, 5.74) is 0.0956. The van der Waals surface area contributed by atoms with Crippen LogP contribution in [0.25, 0.3) is 0 Å². The summed E-state index contributed by atoms with van der Waals surface area (Å²) in [5.74, 6) is 0. The van der Waals surface area contributed by atoms with Crippen molar-refractivity contribution in [2.75, 3.05) is 12.3 Å². The molecule has 45 heavy (non-hydrogen) atoms. The van der Waals surface area contributed by atoms with Crippen LogP contribution >= 0.6 is 15.8 Å². The van der Waals surface area contributed by atoms with Gasteiger partial charge in [0.2, 0.25) is 0 Å². The smallest absolute Gasteiger partial charge is 0.485 e. The van der Waals surface area contributed by atoms with Gasteiger partial charge in [-0.3, -0.25) is 0 Å². The number of aryl methyl sites for hydroxylation is 4. The average molecular weight is 767 g/mol. The van der Waals surface area contributed by atoms with Gasteiger partial charge >= 0.3 is 5.51 Å². The SMILES string of the molecule is C=C[CH-]C.Cc1ccccc1[PH+](CC[PH+](c1ccccc1C)c1ccccc1C)c1ccccc1C.O=S(=O)([O-])C(F)(F)F.[Pd]. The van der Waals surface area contributed by atoms with E-state index in [-0.39, 0.29) is 20.4 Å². The van der Waals surface area contributed by atoms with Crippen LogP contribution in [0.15, 0.2) is 110 Å². The van der Waals surface area contributed by atoms with Crippen LogP contribution in [-0.4, -0.2) is 30.8 Å². The monoisotopic (exact) mass is 766 g/mol. The summed E-state index contributed by atoms with van der Waals surface area (Å²) < 4.78 is 58.9. The van der Waals surface area contributed by atoms with E-state index in [2.05, 4.69) is 131 Å². The second kappa shape index (κ2) is 19.4. The largest absolute Gasteiger partial charge is 0.741 e. The van der Waals surface area contributed by atoms with Gasteiger partial charge in [0.05, 0.1) is 37.1 Å². The predicted octanol–water partition coefficient (Wildman–Crippen LogP) is 7.40. The maximum atomic E-state index is 10.7. The molecule has 0 radical (unpaired) electrons. The van der Waals surface area contributed by atoms with Gasteiger partial charge in [-0.1, -0.05) is 72.8 Å². The summed E-state index contributed by atoms with van der Waals surface area (Å²) in [6.07, 6.45) is 6.16. The average Bonchev–Trinajstić information content (AvgIpc) is 2.97. The molecule has 0 saturated heterocycles.